The molecule has 1 aromatic heterocycles. The Labute approximate surface area is 107 Å². The highest BCUT2D eigenvalue weighted by molar-refractivity contribution is 5.90. The van der Waals surface area contributed by atoms with Gasteiger partial charge in [0.15, 0.2) is 6.10 Å². The van der Waals surface area contributed by atoms with Crippen LogP contribution in [0.2, 0.25) is 0 Å². The van der Waals surface area contributed by atoms with Crippen LogP contribution in [0.3, 0.4) is 0 Å². The molecule has 2 rings (SSSR count). The van der Waals surface area contributed by atoms with Crippen LogP contribution < -0.4 is 5.32 Å². The van der Waals surface area contributed by atoms with Crippen molar-refractivity contribution in [3.8, 4) is 0 Å². The summed E-state index contributed by atoms with van der Waals surface area (Å²) in [5.41, 5.74) is 0. The number of nitrogens with zero attached hydrogens (tertiary/aromatic N) is 1. The van der Waals surface area contributed by atoms with Crippen LogP contribution >= 0.6 is 0 Å². The summed E-state index contributed by atoms with van der Waals surface area (Å²) in [6.45, 7) is 1.42. The van der Waals surface area contributed by atoms with Crippen molar-refractivity contribution in [2.24, 2.45) is 0 Å². The number of hydrogen-bond donors (Lipinski definition) is 1. The molecule has 0 spiro atoms. The molecule has 1 saturated carbocycles. The summed E-state index contributed by atoms with van der Waals surface area (Å²) < 4.78 is 9.53. The van der Waals surface area contributed by atoms with E-state index in [1.165, 1.54) is 6.92 Å². The maximum Gasteiger partial charge on any atom is 0.433 e. The average Bonchev–Trinajstić information content (AvgIpc) is 3.01. The zero-order valence-electron chi connectivity index (χ0n) is 10.1. The molecule has 0 aliphatic heterocycles. The van der Waals surface area contributed by atoms with Crippen molar-refractivity contribution in [2.75, 3.05) is 0 Å². The number of furan rings is 1. The summed E-state index contributed by atoms with van der Waals surface area (Å²) in [7, 11) is 0. The lowest BCUT2D eigenvalue weighted by atomic mass is 10.3. The van der Waals surface area contributed by atoms with Crippen molar-refractivity contribution in [3.63, 3.8) is 0 Å². The summed E-state index contributed by atoms with van der Waals surface area (Å²) in [5, 5.41) is 13.1. The Morgan fingerprint density at radius 1 is 1.53 bits per heavy atom. The molecular formula is C11H12N2O6. The largest absolute Gasteiger partial charge is 0.447 e. The lowest BCUT2D eigenvalue weighted by molar-refractivity contribution is -0.402. The fraction of sp³-hybridized carbons (Fsp3) is 0.455. The summed E-state index contributed by atoms with van der Waals surface area (Å²) in [6.07, 6.45) is 0.880. The van der Waals surface area contributed by atoms with Gasteiger partial charge < -0.3 is 14.5 Å². The first kappa shape index (κ1) is 13.1. The van der Waals surface area contributed by atoms with Crippen molar-refractivity contribution in [3.05, 3.63) is 28.0 Å². The molecule has 1 N–H and O–H groups in total. The molecule has 1 aliphatic carbocycles. The second kappa shape index (κ2) is 5.09. The van der Waals surface area contributed by atoms with E-state index < -0.39 is 28.8 Å². The number of amides is 1. The second-order valence-corrected chi connectivity index (χ2v) is 4.23. The van der Waals surface area contributed by atoms with Crippen LogP contribution in [0.1, 0.15) is 30.3 Å². The van der Waals surface area contributed by atoms with E-state index in [0.29, 0.717) is 0 Å². The highest BCUT2D eigenvalue weighted by atomic mass is 16.7. The first-order valence-electron chi connectivity index (χ1n) is 5.73. The number of nitro groups is 1. The number of nitrogens with one attached hydrogen (secondary N) is 1. The summed E-state index contributed by atoms with van der Waals surface area (Å²) in [6, 6.07) is 2.34. The highest BCUT2D eigenvalue weighted by Crippen LogP contribution is 2.19. The zero-order valence-corrected chi connectivity index (χ0v) is 10.1. The standard InChI is InChI=1S/C11H12N2O6/c1-6(10(14)12-7-2-3-7)18-11(15)8-4-5-9(19-8)13(16)17/h4-7H,2-3H2,1H3,(H,12,14)/t6-/m0/s1. The van der Waals surface area contributed by atoms with E-state index in [4.69, 9.17) is 4.74 Å². The fourth-order valence-corrected chi connectivity index (χ4v) is 1.35. The predicted octanol–water partition coefficient (Wildman–Crippen LogP) is 1.01. The quantitative estimate of drug-likeness (QED) is 0.484. The Kier molecular flexibility index (Phi) is 3.50. The van der Waals surface area contributed by atoms with Crippen molar-refractivity contribution in [2.45, 2.75) is 31.9 Å². The van der Waals surface area contributed by atoms with E-state index in [9.17, 15) is 19.7 Å². The lowest BCUT2D eigenvalue weighted by Gasteiger charge is -2.11. The molecule has 8 heteroatoms. The van der Waals surface area contributed by atoms with E-state index in [1.54, 1.807) is 0 Å². The smallest absolute Gasteiger partial charge is 0.433 e. The Morgan fingerprint density at radius 2 is 2.21 bits per heavy atom. The number of carbonyl (C=O) groups is 2. The van der Waals surface area contributed by atoms with Crippen molar-refractivity contribution in [1.82, 2.24) is 5.32 Å². The van der Waals surface area contributed by atoms with Gasteiger partial charge in [0, 0.05) is 6.04 Å². The van der Waals surface area contributed by atoms with E-state index in [1.807, 2.05) is 0 Å². The molecule has 1 aromatic rings. The Balaban J connectivity index is 1.91. The first-order chi connectivity index (χ1) is 8.97. The minimum atomic E-state index is -0.975. The van der Waals surface area contributed by atoms with Gasteiger partial charge >= 0.3 is 11.9 Å². The van der Waals surface area contributed by atoms with Gasteiger partial charge in [-0.25, -0.2) is 4.79 Å². The number of ether oxygens (including phenoxy) is 1. The van der Waals surface area contributed by atoms with Gasteiger partial charge in [-0.1, -0.05) is 0 Å². The molecule has 19 heavy (non-hydrogen) atoms. The van der Waals surface area contributed by atoms with Crippen molar-refractivity contribution < 1.29 is 23.7 Å². The number of rotatable bonds is 5. The van der Waals surface area contributed by atoms with Gasteiger partial charge in [-0.2, -0.15) is 0 Å². The monoisotopic (exact) mass is 268 g/mol. The molecule has 0 unspecified atom stereocenters. The van der Waals surface area contributed by atoms with Crippen LogP contribution in [-0.4, -0.2) is 28.9 Å². The predicted molar refractivity (Wildman–Crippen MR) is 61.4 cm³/mol. The molecule has 8 nitrogen and oxygen atoms in total. The Bertz CT molecular complexity index is 519. The van der Waals surface area contributed by atoms with E-state index in [0.717, 1.165) is 25.0 Å². The summed E-state index contributed by atoms with van der Waals surface area (Å²) in [4.78, 5) is 32.8. The number of hydrogen-bond acceptors (Lipinski definition) is 6. The third kappa shape index (κ3) is 3.30. The molecule has 1 aliphatic rings. The van der Waals surface area contributed by atoms with Gasteiger partial charge in [-0.3, -0.25) is 14.9 Å². The molecule has 0 radical (unpaired) electrons. The van der Waals surface area contributed by atoms with Crippen LogP contribution in [0.25, 0.3) is 0 Å². The van der Waals surface area contributed by atoms with Gasteiger partial charge in [0.2, 0.25) is 5.76 Å². The van der Waals surface area contributed by atoms with Crippen LogP contribution in [0, 0.1) is 10.1 Å². The topological polar surface area (TPSA) is 112 Å². The third-order valence-corrected chi connectivity index (χ3v) is 2.55. The lowest BCUT2D eigenvalue weighted by Crippen LogP contribution is -2.37. The summed E-state index contributed by atoms with van der Waals surface area (Å²) in [5.74, 6) is -2.16. The first-order valence-corrected chi connectivity index (χ1v) is 5.73. The molecule has 1 amide bonds. The average molecular weight is 268 g/mol. The maximum atomic E-state index is 11.6. The molecule has 1 atom stereocenters. The Hall–Kier alpha value is -2.38. The molecular weight excluding hydrogens is 256 g/mol. The van der Waals surface area contributed by atoms with Gasteiger partial charge in [-0.15, -0.1) is 0 Å². The van der Waals surface area contributed by atoms with E-state index in [-0.39, 0.29) is 11.8 Å². The third-order valence-electron chi connectivity index (χ3n) is 2.55. The number of carbonyl (C=O) groups excluding carboxylic acids is 2. The molecule has 102 valence electrons. The van der Waals surface area contributed by atoms with Gasteiger partial charge in [0.25, 0.3) is 5.91 Å². The normalized spacial score (nSPS) is 15.6. The van der Waals surface area contributed by atoms with Gasteiger partial charge in [-0.05, 0) is 25.8 Å². The van der Waals surface area contributed by atoms with Crippen molar-refractivity contribution >= 4 is 17.8 Å². The van der Waals surface area contributed by atoms with E-state index >= 15 is 0 Å². The number of esters is 1. The van der Waals surface area contributed by atoms with Crippen molar-refractivity contribution in [1.29, 1.82) is 0 Å². The van der Waals surface area contributed by atoms with Crippen LogP contribution in [0.4, 0.5) is 5.88 Å². The second-order valence-electron chi connectivity index (χ2n) is 4.23. The van der Waals surface area contributed by atoms with Crippen LogP contribution in [0.15, 0.2) is 16.5 Å². The zero-order chi connectivity index (χ0) is 14.0. The van der Waals surface area contributed by atoms with Gasteiger partial charge in [0.05, 0.1) is 6.07 Å². The highest BCUT2D eigenvalue weighted by Gasteiger charge is 2.28. The maximum absolute atomic E-state index is 11.6. The molecule has 0 bridgehead atoms. The molecule has 1 heterocycles. The molecule has 1 fully saturated rings. The van der Waals surface area contributed by atoms with Crippen LogP contribution in [0.5, 0.6) is 0 Å². The fourth-order valence-electron chi connectivity index (χ4n) is 1.35. The molecule has 0 saturated heterocycles. The minimum absolute atomic E-state index is 0.165. The van der Waals surface area contributed by atoms with Crippen LogP contribution in [-0.2, 0) is 9.53 Å². The molecule has 0 aromatic carbocycles. The SMILES string of the molecule is C[C@H](OC(=O)c1ccc([N+](=O)[O-])o1)C(=O)NC1CC1. The van der Waals surface area contributed by atoms with E-state index in [2.05, 4.69) is 9.73 Å². The van der Waals surface area contributed by atoms with Gasteiger partial charge in [0.1, 0.15) is 4.92 Å². The Morgan fingerprint density at radius 3 is 2.74 bits per heavy atom. The minimum Gasteiger partial charge on any atom is -0.447 e. The summed E-state index contributed by atoms with van der Waals surface area (Å²) >= 11 is 0.